The zero-order valence-electron chi connectivity index (χ0n) is 18.8. The molecule has 2 aliphatic rings. The molecule has 31 heavy (non-hydrogen) atoms. The molecule has 1 saturated heterocycles. The van der Waals surface area contributed by atoms with Gasteiger partial charge in [0, 0.05) is 37.8 Å². The highest BCUT2D eigenvalue weighted by atomic mass is 35.5. The number of nitrogens with zero attached hydrogens (tertiary/aromatic N) is 2. The number of halogens is 1. The molecule has 7 nitrogen and oxygen atoms in total. The van der Waals surface area contributed by atoms with E-state index in [1.165, 1.54) is 0 Å². The van der Waals surface area contributed by atoms with Crippen LogP contribution in [0.3, 0.4) is 0 Å². The van der Waals surface area contributed by atoms with Gasteiger partial charge in [-0.25, -0.2) is 4.79 Å². The van der Waals surface area contributed by atoms with Gasteiger partial charge in [-0.1, -0.05) is 0 Å². The quantitative estimate of drug-likeness (QED) is 0.588. The van der Waals surface area contributed by atoms with E-state index < -0.39 is 0 Å². The summed E-state index contributed by atoms with van der Waals surface area (Å²) in [6, 6.07) is 5.71. The number of ether oxygens (including phenoxy) is 3. The van der Waals surface area contributed by atoms with E-state index in [0.717, 1.165) is 62.9 Å². The number of hydrogen-bond acceptors (Lipinski definition) is 6. The lowest BCUT2D eigenvalue weighted by Gasteiger charge is -2.48. The van der Waals surface area contributed by atoms with Crippen LogP contribution in [0.4, 0.5) is 0 Å². The maximum absolute atomic E-state index is 12.5. The summed E-state index contributed by atoms with van der Waals surface area (Å²) in [7, 11) is 3.35. The summed E-state index contributed by atoms with van der Waals surface area (Å²) in [6.45, 7) is 5.73. The number of methoxy groups -OCH3 is 2. The SMILES string of the molecule is COCCO[C@H]1CC[C@](C)(N2CCC(n3c(=O)oc4ccc(OC)cc43)CC2)CC1.Cl. The van der Waals surface area contributed by atoms with E-state index in [0.29, 0.717) is 24.9 Å². The van der Waals surface area contributed by atoms with Gasteiger partial charge < -0.3 is 18.6 Å². The fourth-order valence-corrected chi connectivity index (χ4v) is 5.14. The minimum absolute atomic E-state index is 0. The van der Waals surface area contributed by atoms with Crippen molar-refractivity contribution in [1.82, 2.24) is 9.47 Å². The van der Waals surface area contributed by atoms with E-state index in [1.54, 1.807) is 14.2 Å². The van der Waals surface area contributed by atoms with Crippen molar-refractivity contribution in [3.63, 3.8) is 0 Å². The highest BCUT2D eigenvalue weighted by molar-refractivity contribution is 5.85. The van der Waals surface area contributed by atoms with Gasteiger partial charge in [-0.3, -0.25) is 9.47 Å². The molecule has 0 atom stereocenters. The molecular formula is C23H35ClN2O5. The number of likely N-dealkylation sites (tertiary alicyclic amines) is 1. The van der Waals surface area contributed by atoms with Crippen molar-refractivity contribution in [1.29, 1.82) is 0 Å². The molecule has 1 aromatic carbocycles. The van der Waals surface area contributed by atoms with Gasteiger partial charge in [0.25, 0.3) is 0 Å². The molecule has 0 amide bonds. The van der Waals surface area contributed by atoms with Crippen molar-refractivity contribution in [2.75, 3.05) is 40.5 Å². The zero-order chi connectivity index (χ0) is 21.1. The molecule has 0 radical (unpaired) electrons. The Kier molecular flexibility index (Phi) is 8.08. The van der Waals surface area contributed by atoms with Crippen LogP contribution in [-0.2, 0) is 9.47 Å². The van der Waals surface area contributed by atoms with Crippen LogP contribution in [0.5, 0.6) is 5.75 Å². The van der Waals surface area contributed by atoms with Gasteiger partial charge >= 0.3 is 5.76 Å². The number of hydrogen-bond donors (Lipinski definition) is 0. The van der Waals surface area contributed by atoms with Crippen molar-refractivity contribution in [2.24, 2.45) is 0 Å². The summed E-state index contributed by atoms with van der Waals surface area (Å²) in [6.07, 6.45) is 6.78. The monoisotopic (exact) mass is 454 g/mol. The van der Waals surface area contributed by atoms with Crippen LogP contribution >= 0.6 is 12.4 Å². The Morgan fingerprint density at radius 3 is 2.45 bits per heavy atom. The molecule has 1 aliphatic heterocycles. The van der Waals surface area contributed by atoms with Crippen molar-refractivity contribution < 1.29 is 18.6 Å². The molecule has 0 unspecified atom stereocenters. The van der Waals surface area contributed by atoms with Crippen molar-refractivity contribution in [3.05, 3.63) is 28.7 Å². The van der Waals surface area contributed by atoms with Crippen LogP contribution < -0.4 is 10.5 Å². The first-order chi connectivity index (χ1) is 14.5. The minimum atomic E-state index is -0.267. The lowest BCUT2D eigenvalue weighted by molar-refractivity contribution is -0.0419. The Bertz CT molecular complexity index is 895. The Morgan fingerprint density at radius 1 is 1.10 bits per heavy atom. The molecule has 2 heterocycles. The van der Waals surface area contributed by atoms with Crippen molar-refractivity contribution >= 4 is 23.5 Å². The minimum Gasteiger partial charge on any atom is -0.497 e. The van der Waals surface area contributed by atoms with Crippen LogP contribution in [0.25, 0.3) is 11.1 Å². The summed E-state index contributed by atoms with van der Waals surface area (Å²) in [5.41, 5.74) is 1.68. The van der Waals surface area contributed by atoms with E-state index in [1.807, 2.05) is 22.8 Å². The third kappa shape index (κ3) is 5.11. The predicted octanol–water partition coefficient (Wildman–Crippen LogP) is 4.03. The third-order valence-electron chi connectivity index (χ3n) is 7.06. The molecule has 174 valence electrons. The first kappa shape index (κ1) is 24.1. The van der Waals surface area contributed by atoms with Gasteiger partial charge in [0.05, 0.1) is 31.9 Å². The van der Waals surface area contributed by atoms with E-state index in [-0.39, 0.29) is 29.7 Å². The number of fused-ring (bicyclic) bond motifs is 1. The Balaban J connectivity index is 0.00000272. The van der Waals surface area contributed by atoms with E-state index in [2.05, 4.69) is 11.8 Å². The largest absolute Gasteiger partial charge is 0.497 e. The van der Waals surface area contributed by atoms with E-state index in [9.17, 15) is 4.79 Å². The molecular weight excluding hydrogens is 420 g/mol. The first-order valence-electron chi connectivity index (χ1n) is 11.1. The smallest absolute Gasteiger partial charge is 0.420 e. The molecule has 1 aliphatic carbocycles. The average Bonchev–Trinajstić information content (AvgIpc) is 3.10. The molecule has 0 N–H and O–H groups in total. The standard InChI is InChI=1S/C23H34N2O5.ClH/c1-23(10-6-18(7-11-23)29-15-14-27-2)24-12-8-17(9-13-24)25-20-16-19(28-3)4-5-21(20)30-22(25)26;/h4-5,16-18H,6-15H2,1-3H3;1H/t18-,23-;. The fraction of sp³-hybridized carbons (Fsp3) is 0.696. The number of aromatic nitrogens is 1. The Hall–Kier alpha value is -1.54. The van der Waals surface area contributed by atoms with E-state index >= 15 is 0 Å². The molecule has 8 heteroatoms. The maximum Gasteiger partial charge on any atom is 0.420 e. The fourth-order valence-electron chi connectivity index (χ4n) is 5.14. The number of benzene rings is 1. The van der Waals surface area contributed by atoms with Crippen molar-refractivity contribution in [2.45, 2.75) is 63.1 Å². The predicted molar refractivity (Wildman–Crippen MR) is 123 cm³/mol. The summed E-state index contributed by atoms with van der Waals surface area (Å²) >= 11 is 0. The molecule has 2 aromatic rings. The Morgan fingerprint density at radius 2 is 1.81 bits per heavy atom. The van der Waals surface area contributed by atoms with Gasteiger partial charge in [0.1, 0.15) is 5.75 Å². The Labute approximate surface area is 190 Å². The maximum atomic E-state index is 12.5. The molecule has 1 saturated carbocycles. The second-order valence-electron chi connectivity index (χ2n) is 8.85. The van der Waals surface area contributed by atoms with Gasteiger partial charge in [-0.2, -0.15) is 0 Å². The van der Waals surface area contributed by atoms with Crippen LogP contribution in [0, 0.1) is 0 Å². The molecule has 0 spiro atoms. The van der Waals surface area contributed by atoms with Gasteiger partial charge in [0.15, 0.2) is 5.58 Å². The molecule has 2 fully saturated rings. The van der Waals surface area contributed by atoms with Crippen LogP contribution in [0.2, 0.25) is 0 Å². The van der Waals surface area contributed by atoms with Gasteiger partial charge in [-0.05, 0) is 57.6 Å². The van der Waals surface area contributed by atoms with E-state index in [4.69, 9.17) is 18.6 Å². The number of piperidine rings is 1. The molecule has 4 rings (SSSR count). The summed E-state index contributed by atoms with van der Waals surface area (Å²) in [5, 5.41) is 0. The third-order valence-corrected chi connectivity index (χ3v) is 7.06. The summed E-state index contributed by atoms with van der Waals surface area (Å²) in [5.74, 6) is 0.475. The normalized spacial score (nSPS) is 25.5. The summed E-state index contributed by atoms with van der Waals surface area (Å²) in [4.78, 5) is 15.2. The highest BCUT2D eigenvalue weighted by Gasteiger charge is 2.38. The first-order valence-corrected chi connectivity index (χ1v) is 11.1. The van der Waals surface area contributed by atoms with Gasteiger partial charge in [-0.15, -0.1) is 12.4 Å². The molecule has 0 bridgehead atoms. The summed E-state index contributed by atoms with van der Waals surface area (Å²) < 4.78 is 23.7. The second-order valence-corrected chi connectivity index (χ2v) is 8.85. The second kappa shape index (κ2) is 10.4. The zero-order valence-corrected chi connectivity index (χ0v) is 19.6. The molecule has 1 aromatic heterocycles. The highest BCUT2D eigenvalue weighted by Crippen LogP contribution is 2.38. The lowest BCUT2D eigenvalue weighted by Crippen LogP contribution is -2.53. The number of rotatable bonds is 7. The van der Waals surface area contributed by atoms with Crippen LogP contribution in [-0.4, -0.2) is 61.6 Å². The topological polar surface area (TPSA) is 66.1 Å². The number of oxazole rings is 1. The average molecular weight is 455 g/mol. The van der Waals surface area contributed by atoms with Crippen molar-refractivity contribution in [3.8, 4) is 5.75 Å². The van der Waals surface area contributed by atoms with Gasteiger partial charge in [0.2, 0.25) is 0 Å². The lowest BCUT2D eigenvalue weighted by atomic mass is 9.79. The van der Waals surface area contributed by atoms with Crippen LogP contribution in [0.15, 0.2) is 27.4 Å². The van der Waals surface area contributed by atoms with Crippen LogP contribution in [0.1, 0.15) is 51.5 Å².